The average Bonchev–Trinajstić information content (AvgIpc) is 3.48. The molecule has 11 heteroatoms. The molecule has 34 heavy (non-hydrogen) atoms. The minimum atomic E-state index is -3.97. The molecule has 3 aromatic rings. The number of likely N-dealkylation sites (tertiary alicyclic amines) is 1. The number of carbonyl (C=O) groups excluding carboxylic acids is 2. The summed E-state index contributed by atoms with van der Waals surface area (Å²) in [4.78, 5) is 29.9. The van der Waals surface area contributed by atoms with Crippen LogP contribution < -0.4 is 10.5 Å². The summed E-state index contributed by atoms with van der Waals surface area (Å²) < 4.78 is 35.6. The molecule has 1 atom stereocenters. The standard InChI is InChI=1S/C23H29N5O5S/c1-33-23(30)17-7-12-28(13-8-17)22(29)19(9-14-27-11-2-3-21(27)24)26-34(31,32)18-5-4-16-6-10-25-20(16)15-18/h2-6,10-11,15,17,19,25-26H,7-9,12-14,24H2,1H3. The molecule has 0 radical (unpaired) electrons. The van der Waals surface area contributed by atoms with Crippen molar-refractivity contribution in [2.75, 3.05) is 25.9 Å². The number of esters is 1. The second-order valence-electron chi connectivity index (χ2n) is 8.44. The van der Waals surface area contributed by atoms with Gasteiger partial charge in [0.15, 0.2) is 0 Å². The fourth-order valence-electron chi connectivity index (χ4n) is 4.30. The number of carbonyl (C=O) groups is 2. The Morgan fingerprint density at radius 3 is 2.68 bits per heavy atom. The van der Waals surface area contributed by atoms with Crippen LogP contribution in [0, 0.1) is 5.92 Å². The number of rotatable bonds is 8. The number of sulfonamides is 1. The maximum atomic E-state index is 13.4. The number of H-pyrrole nitrogens is 1. The van der Waals surface area contributed by atoms with E-state index in [1.807, 2.05) is 6.07 Å². The molecule has 4 rings (SSSR count). The van der Waals surface area contributed by atoms with E-state index in [0.717, 1.165) is 5.39 Å². The maximum Gasteiger partial charge on any atom is 0.308 e. The van der Waals surface area contributed by atoms with Gasteiger partial charge in [0.25, 0.3) is 0 Å². The van der Waals surface area contributed by atoms with E-state index in [9.17, 15) is 18.0 Å². The number of nitrogen functional groups attached to an aromatic ring is 1. The van der Waals surface area contributed by atoms with Gasteiger partial charge in [0.1, 0.15) is 11.9 Å². The van der Waals surface area contributed by atoms with Gasteiger partial charge in [-0.1, -0.05) is 6.07 Å². The van der Waals surface area contributed by atoms with Gasteiger partial charge in [-0.3, -0.25) is 9.59 Å². The fraction of sp³-hybridized carbons (Fsp3) is 0.391. The van der Waals surface area contributed by atoms with E-state index < -0.39 is 16.1 Å². The minimum absolute atomic E-state index is 0.0742. The lowest BCUT2D eigenvalue weighted by Gasteiger charge is -2.33. The van der Waals surface area contributed by atoms with Crippen molar-refractivity contribution in [2.24, 2.45) is 5.92 Å². The van der Waals surface area contributed by atoms with Crippen molar-refractivity contribution in [1.82, 2.24) is 19.2 Å². The molecule has 1 saturated heterocycles. The lowest BCUT2D eigenvalue weighted by molar-refractivity contribution is -0.149. The molecule has 4 N–H and O–H groups in total. The fourth-order valence-corrected chi connectivity index (χ4v) is 5.55. The Kier molecular flexibility index (Phi) is 6.94. The highest BCUT2D eigenvalue weighted by Gasteiger charge is 2.33. The number of amides is 1. The van der Waals surface area contributed by atoms with Gasteiger partial charge in [-0.25, -0.2) is 8.42 Å². The molecule has 182 valence electrons. The first kappa shape index (κ1) is 23.8. The Morgan fingerprint density at radius 2 is 2.00 bits per heavy atom. The second kappa shape index (κ2) is 9.90. The van der Waals surface area contributed by atoms with Crippen LogP contribution in [0.15, 0.2) is 53.7 Å². The monoisotopic (exact) mass is 487 g/mol. The van der Waals surface area contributed by atoms with E-state index >= 15 is 0 Å². The third-order valence-electron chi connectivity index (χ3n) is 6.30. The van der Waals surface area contributed by atoms with E-state index in [1.54, 1.807) is 46.1 Å². The molecule has 0 saturated carbocycles. The molecule has 10 nitrogen and oxygen atoms in total. The first-order chi connectivity index (χ1) is 16.3. The first-order valence-electron chi connectivity index (χ1n) is 11.1. The second-order valence-corrected chi connectivity index (χ2v) is 10.2. The number of nitrogens with one attached hydrogen (secondary N) is 2. The maximum absolute atomic E-state index is 13.4. The highest BCUT2D eigenvalue weighted by atomic mass is 32.2. The Labute approximate surface area is 198 Å². The number of aryl methyl sites for hydroxylation is 1. The van der Waals surface area contributed by atoms with Crippen LogP contribution in [0.1, 0.15) is 19.3 Å². The van der Waals surface area contributed by atoms with Gasteiger partial charge in [-0.05, 0) is 55.0 Å². The molecule has 0 bridgehead atoms. The van der Waals surface area contributed by atoms with Gasteiger partial charge < -0.3 is 24.9 Å². The Morgan fingerprint density at radius 1 is 1.24 bits per heavy atom. The summed E-state index contributed by atoms with van der Waals surface area (Å²) in [5, 5.41) is 0.892. The SMILES string of the molecule is COC(=O)C1CCN(C(=O)C(CCn2cccc2N)NS(=O)(=O)c2ccc3cc[nH]c3c2)CC1. The number of anilines is 1. The largest absolute Gasteiger partial charge is 0.469 e. The lowest BCUT2D eigenvalue weighted by Crippen LogP contribution is -2.51. The third kappa shape index (κ3) is 5.10. The van der Waals surface area contributed by atoms with Crippen molar-refractivity contribution in [3.8, 4) is 0 Å². The van der Waals surface area contributed by atoms with Crippen LogP contribution in [0.2, 0.25) is 0 Å². The van der Waals surface area contributed by atoms with Crippen molar-refractivity contribution in [3.63, 3.8) is 0 Å². The number of methoxy groups -OCH3 is 1. The van der Waals surface area contributed by atoms with Gasteiger partial charge in [-0.2, -0.15) is 4.72 Å². The van der Waals surface area contributed by atoms with Gasteiger partial charge in [0, 0.05) is 37.5 Å². The highest BCUT2D eigenvalue weighted by molar-refractivity contribution is 7.89. The lowest BCUT2D eigenvalue weighted by atomic mass is 9.96. The van der Waals surface area contributed by atoms with E-state index in [2.05, 4.69) is 9.71 Å². The quantitative estimate of drug-likeness (QED) is 0.413. The van der Waals surface area contributed by atoms with Gasteiger partial charge in [0.05, 0.1) is 17.9 Å². The number of hydrogen-bond acceptors (Lipinski definition) is 6. The molecule has 1 aliphatic rings. The number of piperidine rings is 1. The summed E-state index contributed by atoms with van der Waals surface area (Å²) in [5.74, 6) is -0.327. The van der Waals surface area contributed by atoms with Crippen molar-refractivity contribution in [2.45, 2.75) is 36.7 Å². The third-order valence-corrected chi connectivity index (χ3v) is 7.77. The molecule has 1 amide bonds. The zero-order valence-electron chi connectivity index (χ0n) is 18.9. The van der Waals surface area contributed by atoms with Crippen LogP contribution in [0.25, 0.3) is 10.9 Å². The molecule has 1 unspecified atom stereocenters. The number of nitrogens with zero attached hydrogens (tertiary/aromatic N) is 2. The predicted octanol–water partition coefficient (Wildman–Crippen LogP) is 1.70. The molecular weight excluding hydrogens is 458 g/mol. The molecule has 0 aliphatic carbocycles. The topological polar surface area (TPSA) is 140 Å². The number of nitrogens with two attached hydrogens (primary N) is 1. The normalized spacial score (nSPS) is 16.0. The molecule has 0 spiro atoms. The van der Waals surface area contributed by atoms with Crippen LogP contribution in [0.5, 0.6) is 0 Å². The number of hydrogen-bond donors (Lipinski definition) is 3. The van der Waals surface area contributed by atoms with Crippen LogP contribution in [0.3, 0.4) is 0 Å². The number of ether oxygens (including phenoxy) is 1. The summed E-state index contributed by atoms with van der Waals surface area (Å²) in [6.07, 6.45) is 4.70. The highest BCUT2D eigenvalue weighted by Crippen LogP contribution is 2.22. The summed E-state index contributed by atoms with van der Waals surface area (Å²) >= 11 is 0. The summed E-state index contributed by atoms with van der Waals surface area (Å²) in [6.45, 7) is 1.08. The predicted molar refractivity (Wildman–Crippen MR) is 127 cm³/mol. The van der Waals surface area contributed by atoms with Crippen LogP contribution >= 0.6 is 0 Å². The smallest absolute Gasteiger partial charge is 0.308 e. The molecule has 3 heterocycles. The number of aromatic nitrogens is 2. The summed E-state index contributed by atoms with van der Waals surface area (Å²) in [7, 11) is -2.62. The van der Waals surface area contributed by atoms with Crippen molar-refractivity contribution < 1.29 is 22.7 Å². The Hall–Kier alpha value is -3.31. The van der Waals surface area contributed by atoms with Crippen molar-refractivity contribution >= 4 is 38.6 Å². The van der Waals surface area contributed by atoms with Crippen molar-refractivity contribution in [3.05, 3.63) is 48.8 Å². The van der Waals surface area contributed by atoms with Gasteiger partial charge in [0.2, 0.25) is 15.9 Å². The van der Waals surface area contributed by atoms with Gasteiger partial charge >= 0.3 is 5.97 Å². The van der Waals surface area contributed by atoms with Gasteiger partial charge in [-0.15, -0.1) is 0 Å². The van der Waals surface area contributed by atoms with E-state index in [4.69, 9.17) is 10.5 Å². The summed E-state index contributed by atoms with van der Waals surface area (Å²) in [6, 6.07) is 9.18. The minimum Gasteiger partial charge on any atom is -0.469 e. The number of aromatic amines is 1. The zero-order valence-corrected chi connectivity index (χ0v) is 19.8. The van der Waals surface area contributed by atoms with E-state index in [0.29, 0.717) is 43.8 Å². The van der Waals surface area contributed by atoms with Crippen molar-refractivity contribution in [1.29, 1.82) is 0 Å². The average molecular weight is 488 g/mol. The van der Waals surface area contributed by atoms with E-state index in [1.165, 1.54) is 13.2 Å². The Balaban J connectivity index is 1.52. The van der Waals surface area contributed by atoms with Crippen LogP contribution in [-0.2, 0) is 30.9 Å². The molecule has 1 fully saturated rings. The number of fused-ring (bicyclic) bond motifs is 1. The zero-order chi connectivity index (χ0) is 24.3. The Bertz CT molecular complexity index is 1270. The molecule has 1 aromatic carbocycles. The molecule has 2 aromatic heterocycles. The molecule has 1 aliphatic heterocycles. The van der Waals surface area contributed by atoms with Crippen LogP contribution in [-0.4, -0.2) is 61.0 Å². The first-order valence-corrected chi connectivity index (χ1v) is 12.6. The van der Waals surface area contributed by atoms with E-state index in [-0.39, 0.29) is 29.1 Å². The molecular formula is C23H29N5O5S. The summed E-state index contributed by atoms with van der Waals surface area (Å²) in [5.41, 5.74) is 6.64. The number of benzene rings is 1. The van der Waals surface area contributed by atoms with Crippen LogP contribution in [0.4, 0.5) is 5.82 Å².